The summed E-state index contributed by atoms with van der Waals surface area (Å²) in [7, 11) is 2.21. The molecule has 1 aliphatic heterocycles. The fourth-order valence-corrected chi connectivity index (χ4v) is 5.98. The van der Waals surface area contributed by atoms with Gasteiger partial charge in [-0.25, -0.2) is 4.98 Å². The fourth-order valence-electron chi connectivity index (χ4n) is 4.87. The van der Waals surface area contributed by atoms with Crippen LogP contribution in [0, 0.1) is 12.8 Å². The largest absolute Gasteiger partial charge is 0.481 e. The summed E-state index contributed by atoms with van der Waals surface area (Å²) in [5, 5.41) is 10.2. The van der Waals surface area contributed by atoms with Crippen LogP contribution in [0.5, 0.6) is 0 Å². The Morgan fingerprint density at radius 1 is 1.17 bits per heavy atom. The molecule has 29 heavy (non-hydrogen) atoms. The van der Waals surface area contributed by atoms with Crippen molar-refractivity contribution in [2.45, 2.75) is 64.2 Å². The number of aromatic nitrogens is 1. The van der Waals surface area contributed by atoms with Crippen molar-refractivity contribution in [3.05, 3.63) is 39.2 Å². The molecular weight excluding hydrogens is 380 g/mol. The lowest BCUT2D eigenvalue weighted by Gasteiger charge is -2.26. The third kappa shape index (κ3) is 4.89. The molecule has 1 fully saturated rings. The van der Waals surface area contributed by atoms with Gasteiger partial charge in [-0.3, -0.25) is 4.79 Å². The Kier molecular flexibility index (Phi) is 6.35. The number of likely N-dealkylation sites (N-methyl/N-ethyl adjacent to an activating group) is 1. The van der Waals surface area contributed by atoms with Gasteiger partial charge in [-0.15, -0.1) is 11.3 Å². The van der Waals surface area contributed by atoms with Gasteiger partial charge in [0.15, 0.2) is 0 Å². The van der Waals surface area contributed by atoms with Crippen molar-refractivity contribution in [2.24, 2.45) is 5.92 Å². The van der Waals surface area contributed by atoms with E-state index in [1.54, 1.807) is 0 Å². The summed E-state index contributed by atoms with van der Waals surface area (Å²) in [6, 6.07) is 6.96. The van der Waals surface area contributed by atoms with E-state index in [0.29, 0.717) is 18.3 Å². The lowest BCUT2D eigenvalue weighted by Crippen LogP contribution is -2.20. The molecule has 1 aromatic heterocycles. The molecule has 0 atom stereocenters. The average molecular weight is 413 g/mol. The molecule has 0 amide bonds. The van der Waals surface area contributed by atoms with Crippen molar-refractivity contribution in [1.82, 2.24) is 9.88 Å². The number of fused-ring (bicyclic) bond motifs is 1. The van der Waals surface area contributed by atoms with Crippen LogP contribution in [-0.4, -0.2) is 41.1 Å². The van der Waals surface area contributed by atoms with E-state index in [-0.39, 0.29) is 0 Å². The lowest BCUT2D eigenvalue weighted by atomic mass is 9.80. The summed E-state index contributed by atoms with van der Waals surface area (Å²) in [6.07, 6.45) is 7.96. The van der Waals surface area contributed by atoms with Gasteiger partial charge in [0.2, 0.25) is 0 Å². The number of hydrogen-bond acceptors (Lipinski definition) is 4. The lowest BCUT2D eigenvalue weighted by molar-refractivity contribution is -0.137. The highest BCUT2D eigenvalue weighted by molar-refractivity contribution is 7.12. The maximum atomic E-state index is 10.8. The molecule has 2 aliphatic rings. The zero-order valence-corrected chi connectivity index (χ0v) is 18.4. The molecule has 4 nitrogen and oxygen atoms in total. The molecular formula is C24H32N2O2S. The number of rotatable bonds is 5. The Hall–Kier alpha value is -1.72. The highest BCUT2D eigenvalue weighted by atomic mass is 32.1. The van der Waals surface area contributed by atoms with Crippen molar-refractivity contribution in [3.8, 4) is 11.3 Å². The van der Waals surface area contributed by atoms with Crippen LogP contribution in [0.3, 0.4) is 0 Å². The van der Waals surface area contributed by atoms with Crippen molar-refractivity contribution >= 4 is 17.3 Å². The van der Waals surface area contributed by atoms with Crippen molar-refractivity contribution in [1.29, 1.82) is 0 Å². The molecule has 0 spiro atoms. The molecule has 1 aromatic carbocycles. The minimum absolute atomic E-state index is 0.309. The van der Waals surface area contributed by atoms with Crippen molar-refractivity contribution in [3.63, 3.8) is 0 Å². The Morgan fingerprint density at radius 2 is 1.90 bits per heavy atom. The van der Waals surface area contributed by atoms with E-state index in [1.165, 1.54) is 32.3 Å². The van der Waals surface area contributed by atoms with Gasteiger partial charge in [0.25, 0.3) is 0 Å². The van der Waals surface area contributed by atoms with Crippen LogP contribution in [0.2, 0.25) is 0 Å². The summed E-state index contributed by atoms with van der Waals surface area (Å²) in [4.78, 5) is 19.7. The molecule has 0 radical (unpaired) electrons. The summed E-state index contributed by atoms with van der Waals surface area (Å²) >= 11 is 1.86. The van der Waals surface area contributed by atoms with Crippen molar-refractivity contribution < 1.29 is 9.90 Å². The normalized spacial score (nSPS) is 22.8. The fraction of sp³-hybridized carbons (Fsp3) is 0.583. The SMILES string of the molecule is Cc1sc(C2CCC(CCC(=O)O)CC2)nc1-c1ccc2c(c1)CCN(C)CC2. The van der Waals surface area contributed by atoms with Gasteiger partial charge >= 0.3 is 5.97 Å². The monoisotopic (exact) mass is 412 g/mol. The maximum Gasteiger partial charge on any atom is 0.303 e. The second-order valence-electron chi connectivity index (χ2n) is 8.89. The molecule has 5 heteroatoms. The standard InChI is InChI=1S/C24H32N2O2S/c1-16-23(21-9-8-18-11-13-26(2)14-12-20(18)15-21)25-24(29-16)19-6-3-17(4-7-19)5-10-22(27)28/h8-9,15,17,19H,3-7,10-14H2,1-2H3,(H,27,28). The van der Waals surface area contributed by atoms with Crippen LogP contribution >= 0.6 is 11.3 Å². The molecule has 1 aliphatic carbocycles. The second-order valence-corrected chi connectivity index (χ2v) is 10.1. The van der Waals surface area contributed by atoms with E-state index in [0.717, 1.165) is 58.0 Å². The number of carbonyl (C=O) groups is 1. The molecule has 1 N–H and O–H groups in total. The maximum absolute atomic E-state index is 10.8. The van der Waals surface area contributed by atoms with Gasteiger partial charge in [0, 0.05) is 35.9 Å². The van der Waals surface area contributed by atoms with Gasteiger partial charge in [-0.2, -0.15) is 0 Å². The number of nitrogens with zero attached hydrogens (tertiary/aromatic N) is 2. The third-order valence-corrected chi connectivity index (χ3v) is 7.91. The first-order valence-electron chi connectivity index (χ1n) is 11.0. The Labute approximate surface area is 178 Å². The number of carboxylic acids is 1. The summed E-state index contributed by atoms with van der Waals surface area (Å²) in [6.45, 7) is 4.47. The molecule has 1 saturated carbocycles. The van der Waals surface area contributed by atoms with E-state index < -0.39 is 5.97 Å². The van der Waals surface area contributed by atoms with Crippen LogP contribution < -0.4 is 0 Å². The third-order valence-electron chi connectivity index (χ3n) is 6.78. The Bertz CT molecular complexity index is 868. The molecule has 0 saturated heterocycles. The smallest absolute Gasteiger partial charge is 0.303 e. The number of aliphatic carboxylic acids is 1. The number of carboxylic acid groups (broad SMARTS) is 1. The number of aryl methyl sites for hydroxylation is 1. The summed E-state index contributed by atoms with van der Waals surface area (Å²) in [5.74, 6) is 0.452. The van der Waals surface area contributed by atoms with Crippen LogP contribution in [-0.2, 0) is 17.6 Å². The van der Waals surface area contributed by atoms with E-state index in [1.807, 2.05) is 11.3 Å². The molecule has 0 unspecified atom stereocenters. The Morgan fingerprint density at radius 3 is 2.62 bits per heavy atom. The van der Waals surface area contributed by atoms with E-state index >= 15 is 0 Å². The molecule has 0 bridgehead atoms. The zero-order valence-electron chi connectivity index (χ0n) is 17.6. The van der Waals surface area contributed by atoms with Crippen LogP contribution in [0.1, 0.15) is 65.5 Å². The molecule has 4 rings (SSSR count). The zero-order chi connectivity index (χ0) is 20.4. The van der Waals surface area contributed by atoms with Gasteiger partial charge in [-0.05, 0) is 82.0 Å². The predicted molar refractivity (Wildman–Crippen MR) is 119 cm³/mol. The average Bonchev–Trinajstić information content (AvgIpc) is 3.01. The topological polar surface area (TPSA) is 53.4 Å². The van der Waals surface area contributed by atoms with Gasteiger partial charge < -0.3 is 10.0 Å². The summed E-state index contributed by atoms with van der Waals surface area (Å²) < 4.78 is 0. The van der Waals surface area contributed by atoms with Crippen LogP contribution in [0.25, 0.3) is 11.3 Å². The van der Waals surface area contributed by atoms with Crippen molar-refractivity contribution in [2.75, 3.05) is 20.1 Å². The van der Waals surface area contributed by atoms with E-state index in [4.69, 9.17) is 10.1 Å². The minimum Gasteiger partial charge on any atom is -0.481 e. The first kappa shape index (κ1) is 20.5. The first-order chi connectivity index (χ1) is 14.0. The molecule has 2 heterocycles. The van der Waals surface area contributed by atoms with Crippen LogP contribution in [0.15, 0.2) is 18.2 Å². The molecule has 2 aromatic rings. The number of hydrogen-bond donors (Lipinski definition) is 1. The van der Waals surface area contributed by atoms with E-state index in [9.17, 15) is 4.79 Å². The molecule has 156 valence electrons. The van der Waals surface area contributed by atoms with Gasteiger partial charge in [0.1, 0.15) is 0 Å². The highest BCUT2D eigenvalue weighted by Gasteiger charge is 2.26. The highest BCUT2D eigenvalue weighted by Crippen LogP contribution is 2.41. The quantitative estimate of drug-likeness (QED) is 0.725. The minimum atomic E-state index is -0.667. The van der Waals surface area contributed by atoms with Crippen LogP contribution in [0.4, 0.5) is 0 Å². The number of benzene rings is 1. The number of thiazole rings is 1. The second kappa shape index (κ2) is 8.97. The Balaban J connectivity index is 1.46. The predicted octanol–water partition coefficient (Wildman–Crippen LogP) is 5.29. The van der Waals surface area contributed by atoms with Gasteiger partial charge in [-0.1, -0.05) is 12.1 Å². The van der Waals surface area contributed by atoms with Gasteiger partial charge in [0.05, 0.1) is 10.7 Å². The first-order valence-corrected chi connectivity index (χ1v) is 11.8. The summed E-state index contributed by atoms with van der Waals surface area (Å²) in [5.41, 5.74) is 5.41. The van der Waals surface area contributed by atoms with E-state index in [2.05, 4.69) is 37.1 Å².